The van der Waals surface area contributed by atoms with Crippen molar-refractivity contribution in [2.75, 3.05) is 13.3 Å². The number of halogens is 1. The molecule has 78 valence electrons. The second kappa shape index (κ2) is 4.56. The summed E-state index contributed by atoms with van der Waals surface area (Å²) in [4.78, 5) is 0. The van der Waals surface area contributed by atoms with Gasteiger partial charge >= 0.3 is 0 Å². The van der Waals surface area contributed by atoms with Crippen LogP contribution in [0, 0.1) is 0 Å². The minimum absolute atomic E-state index is 0.103. The Hall–Kier alpha value is -0.890. The van der Waals surface area contributed by atoms with E-state index in [1.807, 2.05) is 38.1 Å². The zero-order valence-electron chi connectivity index (χ0n) is 8.76. The van der Waals surface area contributed by atoms with Crippen LogP contribution in [-0.2, 0) is 11.8 Å². The van der Waals surface area contributed by atoms with Crippen molar-refractivity contribution in [1.29, 1.82) is 0 Å². The van der Waals surface area contributed by atoms with Crippen LogP contribution in [0.5, 0.6) is 0 Å². The standard InChI is InChI=1S/C12H17FO/c1-12(2,9-14)11-5-3-4-10(8-11)6-7-13/h3-5,8,14H,6-7,9H2,1-2H3. The highest BCUT2D eigenvalue weighted by Crippen LogP contribution is 2.23. The van der Waals surface area contributed by atoms with E-state index in [0.717, 1.165) is 11.1 Å². The fraction of sp³-hybridized carbons (Fsp3) is 0.500. The summed E-state index contributed by atoms with van der Waals surface area (Å²) in [6.07, 6.45) is 0.454. The molecule has 1 aromatic carbocycles. The predicted octanol–water partition coefficient (Wildman–Crippen LogP) is 2.47. The van der Waals surface area contributed by atoms with Gasteiger partial charge in [0.25, 0.3) is 0 Å². The zero-order valence-corrected chi connectivity index (χ0v) is 8.76. The van der Waals surface area contributed by atoms with E-state index in [4.69, 9.17) is 0 Å². The first-order chi connectivity index (χ1) is 6.60. The van der Waals surface area contributed by atoms with Crippen LogP contribution in [0.4, 0.5) is 4.39 Å². The maximum atomic E-state index is 12.1. The van der Waals surface area contributed by atoms with E-state index in [-0.39, 0.29) is 18.7 Å². The zero-order chi connectivity index (χ0) is 10.6. The Bertz CT molecular complexity index is 294. The van der Waals surface area contributed by atoms with Gasteiger partial charge in [0.05, 0.1) is 13.3 Å². The molecular formula is C12H17FO. The van der Waals surface area contributed by atoms with E-state index >= 15 is 0 Å². The number of rotatable bonds is 4. The Kier molecular flexibility index (Phi) is 3.64. The van der Waals surface area contributed by atoms with Gasteiger partial charge in [-0.2, -0.15) is 0 Å². The number of aliphatic hydroxyl groups excluding tert-OH is 1. The molecule has 0 atom stereocenters. The van der Waals surface area contributed by atoms with Gasteiger partial charge in [-0.3, -0.25) is 4.39 Å². The number of hydrogen-bond donors (Lipinski definition) is 1. The summed E-state index contributed by atoms with van der Waals surface area (Å²) in [5.41, 5.74) is 1.81. The highest BCUT2D eigenvalue weighted by atomic mass is 19.1. The lowest BCUT2D eigenvalue weighted by Crippen LogP contribution is -2.22. The van der Waals surface area contributed by atoms with Crippen molar-refractivity contribution in [3.63, 3.8) is 0 Å². The molecule has 0 spiro atoms. The van der Waals surface area contributed by atoms with Crippen molar-refractivity contribution in [2.24, 2.45) is 0 Å². The van der Waals surface area contributed by atoms with Gasteiger partial charge in [0, 0.05) is 11.8 Å². The molecule has 2 heteroatoms. The van der Waals surface area contributed by atoms with E-state index in [0.29, 0.717) is 6.42 Å². The molecule has 0 unspecified atom stereocenters. The average molecular weight is 196 g/mol. The summed E-state index contributed by atoms with van der Waals surface area (Å²) in [5, 5.41) is 9.19. The lowest BCUT2D eigenvalue weighted by Gasteiger charge is -2.22. The number of alkyl halides is 1. The molecule has 14 heavy (non-hydrogen) atoms. The van der Waals surface area contributed by atoms with Crippen LogP contribution in [0.15, 0.2) is 24.3 Å². The highest BCUT2D eigenvalue weighted by Gasteiger charge is 2.19. The van der Waals surface area contributed by atoms with Gasteiger partial charge in [-0.15, -0.1) is 0 Å². The first kappa shape index (κ1) is 11.2. The van der Waals surface area contributed by atoms with E-state index < -0.39 is 0 Å². The molecule has 0 amide bonds. The Morgan fingerprint density at radius 1 is 1.36 bits per heavy atom. The molecule has 1 aromatic rings. The number of aliphatic hydroxyl groups is 1. The summed E-state index contributed by atoms with van der Waals surface area (Å²) in [7, 11) is 0. The van der Waals surface area contributed by atoms with Crippen molar-refractivity contribution >= 4 is 0 Å². The molecule has 0 heterocycles. The molecule has 0 aliphatic rings. The molecule has 0 fully saturated rings. The van der Waals surface area contributed by atoms with Gasteiger partial charge < -0.3 is 5.11 Å². The van der Waals surface area contributed by atoms with Gasteiger partial charge in [0.2, 0.25) is 0 Å². The Morgan fingerprint density at radius 3 is 2.64 bits per heavy atom. The maximum Gasteiger partial charge on any atom is 0.0934 e. The van der Waals surface area contributed by atoms with E-state index in [2.05, 4.69) is 0 Å². The van der Waals surface area contributed by atoms with Gasteiger partial charge in [0.15, 0.2) is 0 Å². The summed E-state index contributed by atoms with van der Waals surface area (Å²) in [6, 6.07) is 7.77. The quantitative estimate of drug-likeness (QED) is 0.784. The van der Waals surface area contributed by atoms with Crippen LogP contribution in [0.3, 0.4) is 0 Å². The van der Waals surface area contributed by atoms with Crippen molar-refractivity contribution in [3.8, 4) is 0 Å². The minimum atomic E-state index is -0.330. The highest BCUT2D eigenvalue weighted by molar-refractivity contribution is 5.29. The second-order valence-corrected chi connectivity index (χ2v) is 4.18. The molecular weight excluding hydrogens is 179 g/mol. The Morgan fingerprint density at radius 2 is 2.07 bits per heavy atom. The molecule has 0 aliphatic carbocycles. The second-order valence-electron chi connectivity index (χ2n) is 4.18. The predicted molar refractivity (Wildman–Crippen MR) is 56.2 cm³/mol. The van der Waals surface area contributed by atoms with Gasteiger partial charge in [0.1, 0.15) is 0 Å². The third kappa shape index (κ3) is 2.55. The molecule has 0 saturated heterocycles. The SMILES string of the molecule is CC(C)(CO)c1cccc(CCF)c1. The molecule has 1 rings (SSSR count). The normalized spacial score (nSPS) is 11.7. The number of benzene rings is 1. The molecule has 0 saturated carbocycles. The number of hydrogen-bond acceptors (Lipinski definition) is 1. The van der Waals surface area contributed by atoms with Gasteiger partial charge in [-0.05, 0) is 11.1 Å². The molecule has 0 bridgehead atoms. The smallest absolute Gasteiger partial charge is 0.0934 e. The molecule has 1 nitrogen and oxygen atoms in total. The minimum Gasteiger partial charge on any atom is -0.395 e. The third-order valence-corrected chi connectivity index (χ3v) is 2.49. The Labute approximate surface area is 84.6 Å². The molecule has 0 aliphatic heterocycles. The van der Waals surface area contributed by atoms with E-state index in [1.54, 1.807) is 0 Å². The average Bonchev–Trinajstić information content (AvgIpc) is 2.19. The molecule has 1 N–H and O–H groups in total. The van der Waals surface area contributed by atoms with E-state index in [9.17, 15) is 9.50 Å². The van der Waals surface area contributed by atoms with Crippen LogP contribution in [0.1, 0.15) is 25.0 Å². The monoisotopic (exact) mass is 196 g/mol. The topological polar surface area (TPSA) is 20.2 Å². The fourth-order valence-corrected chi connectivity index (χ4v) is 1.35. The van der Waals surface area contributed by atoms with Crippen LogP contribution in [0.25, 0.3) is 0 Å². The fourth-order valence-electron chi connectivity index (χ4n) is 1.35. The molecule has 0 radical (unpaired) electrons. The van der Waals surface area contributed by atoms with Crippen LogP contribution in [0.2, 0.25) is 0 Å². The van der Waals surface area contributed by atoms with Crippen molar-refractivity contribution < 1.29 is 9.50 Å². The first-order valence-electron chi connectivity index (χ1n) is 4.86. The summed E-state index contributed by atoms with van der Waals surface area (Å²) < 4.78 is 12.1. The summed E-state index contributed by atoms with van der Waals surface area (Å²) >= 11 is 0. The van der Waals surface area contributed by atoms with Crippen molar-refractivity contribution in [3.05, 3.63) is 35.4 Å². The largest absolute Gasteiger partial charge is 0.395 e. The van der Waals surface area contributed by atoms with Crippen LogP contribution >= 0.6 is 0 Å². The summed E-state index contributed by atoms with van der Waals surface area (Å²) in [6.45, 7) is 3.72. The van der Waals surface area contributed by atoms with Gasteiger partial charge in [-0.25, -0.2) is 0 Å². The molecule has 0 aromatic heterocycles. The maximum absolute atomic E-state index is 12.1. The van der Waals surface area contributed by atoms with Crippen molar-refractivity contribution in [1.82, 2.24) is 0 Å². The van der Waals surface area contributed by atoms with Crippen LogP contribution in [-0.4, -0.2) is 18.4 Å². The van der Waals surface area contributed by atoms with E-state index in [1.165, 1.54) is 0 Å². The third-order valence-electron chi connectivity index (χ3n) is 2.49. The van der Waals surface area contributed by atoms with Gasteiger partial charge in [-0.1, -0.05) is 38.1 Å². The summed E-state index contributed by atoms with van der Waals surface area (Å²) in [5.74, 6) is 0. The number of aryl methyl sites for hydroxylation is 1. The first-order valence-corrected chi connectivity index (χ1v) is 4.86. The Balaban J connectivity index is 2.93. The van der Waals surface area contributed by atoms with Crippen LogP contribution < -0.4 is 0 Å². The lowest BCUT2D eigenvalue weighted by molar-refractivity contribution is 0.218. The van der Waals surface area contributed by atoms with Crippen molar-refractivity contribution in [2.45, 2.75) is 25.7 Å². The lowest BCUT2D eigenvalue weighted by atomic mass is 9.84.